The average Bonchev–Trinajstić information content (AvgIpc) is 2.59. The van der Waals surface area contributed by atoms with Gasteiger partial charge in [-0.1, -0.05) is 49.3 Å². The molecule has 1 aromatic rings. The molecule has 0 aliphatic heterocycles. The number of nitrogens with one attached hydrogen (secondary N) is 1. The van der Waals surface area contributed by atoms with Gasteiger partial charge in [-0.15, -0.1) is 0 Å². The first-order valence-corrected chi connectivity index (χ1v) is 10.2. The number of benzene rings is 1. The molecule has 8 heteroatoms. The number of hydrazone groups is 1. The van der Waals surface area contributed by atoms with Gasteiger partial charge in [0.05, 0.1) is 13.2 Å². The van der Waals surface area contributed by atoms with Crippen LogP contribution in [0.25, 0.3) is 0 Å². The Balaban J connectivity index is 3.02. The third-order valence-corrected chi connectivity index (χ3v) is 5.02. The molecule has 1 aromatic carbocycles. The quantitative estimate of drug-likeness (QED) is 0.287. The number of hydrogen-bond acceptors (Lipinski definition) is 6. The molecule has 0 spiro atoms. The van der Waals surface area contributed by atoms with E-state index in [2.05, 4.69) is 15.5 Å². The standard InChI is InChI=1S/C15H24N3O3PS/c1-4-11-20-22(23,21-12-5-2)18-16-15(13(3)17-19)14-9-7-6-8-10-14/h6-10,19H,4-5,11-12H2,1-3H3,(H,18,23)/b16-15-,17-13+. The van der Waals surface area contributed by atoms with Crippen LogP contribution in [0.1, 0.15) is 39.2 Å². The molecule has 0 aliphatic rings. The van der Waals surface area contributed by atoms with E-state index >= 15 is 0 Å². The molecule has 0 aliphatic carbocycles. The molecule has 0 saturated carbocycles. The fourth-order valence-corrected chi connectivity index (χ4v) is 3.45. The topological polar surface area (TPSA) is 75.4 Å². The highest BCUT2D eigenvalue weighted by Crippen LogP contribution is 2.44. The number of oxime groups is 1. The number of hydrogen-bond donors (Lipinski definition) is 2. The summed E-state index contributed by atoms with van der Waals surface area (Å²) in [6, 6.07) is 9.41. The minimum Gasteiger partial charge on any atom is -0.411 e. The van der Waals surface area contributed by atoms with Crippen molar-refractivity contribution < 1.29 is 14.3 Å². The van der Waals surface area contributed by atoms with Gasteiger partial charge in [0.1, 0.15) is 11.4 Å². The predicted octanol–water partition coefficient (Wildman–Crippen LogP) is 3.91. The average molecular weight is 357 g/mol. The third-order valence-electron chi connectivity index (χ3n) is 2.75. The summed E-state index contributed by atoms with van der Waals surface area (Å²) in [4.78, 5) is 0. The molecule has 0 saturated heterocycles. The van der Waals surface area contributed by atoms with Crippen molar-refractivity contribution in [3.05, 3.63) is 35.9 Å². The van der Waals surface area contributed by atoms with Crippen molar-refractivity contribution in [3.63, 3.8) is 0 Å². The van der Waals surface area contributed by atoms with Gasteiger partial charge in [-0.05, 0) is 31.6 Å². The van der Waals surface area contributed by atoms with Crippen molar-refractivity contribution in [2.75, 3.05) is 13.2 Å². The Morgan fingerprint density at radius 3 is 2.22 bits per heavy atom. The lowest BCUT2D eigenvalue weighted by Gasteiger charge is -2.21. The summed E-state index contributed by atoms with van der Waals surface area (Å²) < 4.78 is 11.3. The van der Waals surface area contributed by atoms with Crippen molar-refractivity contribution in [1.29, 1.82) is 0 Å². The summed E-state index contributed by atoms with van der Waals surface area (Å²) in [7, 11) is 0. The van der Waals surface area contributed by atoms with E-state index in [1.165, 1.54) is 0 Å². The van der Waals surface area contributed by atoms with Crippen molar-refractivity contribution in [2.45, 2.75) is 33.6 Å². The van der Waals surface area contributed by atoms with Gasteiger partial charge in [0.15, 0.2) is 0 Å². The van der Waals surface area contributed by atoms with Gasteiger partial charge >= 0.3 is 6.64 Å². The second-order valence-electron chi connectivity index (χ2n) is 4.78. The largest absolute Gasteiger partial charge is 0.411 e. The normalized spacial score (nSPS) is 13.2. The molecular formula is C15H24N3O3PS. The molecule has 0 heterocycles. The highest BCUT2D eigenvalue weighted by molar-refractivity contribution is 8.08. The van der Waals surface area contributed by atoms with Crippen molar-refractivity contribution in [1.82, 2.24) is 5.20 Å². The minimum absolute atomic E-state index is 0.372. The monoisotopic (exact) mass is 357 g/mol. The second-order valence-corrected chi connectivity index (χ2v) is 7.93. The molecule has 1 rings (SSSR count). The number of rotatable bonds is 10. The summed E-state index contributed by atoms with van der Waals surface area (Å²) in [5, 5.41) is 19.5. The SMILES string of the molecule is CCCOP(=S)(N/N=C(/C(C)=N/O)c1ccccc1)OCCC. The van der Waals surface area contributed by atoms with Crippen LogP contribution in [0.3, 0.4) is 0 Å². The molecule has 0 radical (unpaired) electrons. The Bertz CT molecular complexity index is 567. The Labute approximate surface area is 142 Å². The Morgan fingerprint density at radius 2 is 1.74 bits per heavy atom. The zero-order valence-electron chi connectivity index (χ0n) is 13.7. The van der Waals surface area contributed by atoms with E-state index in [9.17, 15) is 0 Å². The second kappa shape index (κ2) is 10.5. The van der Waals surface area contributed by atoms with Gasteiger partial charge in [-0.2, -0.15) is 5.10 Å². The van der Waals surface area contributed by atoms with Gasteiger partial charge in [0.25, 0.3) is 0 Å². The van der Waals surface area contributed by atoms with Crippen LogP contribution < -0.4 is 5.20 Å². The molecule has 0 unspecified atom stereocenters. The van der Waals surface area contributed by atoms with E-state index in [0.717, 1.165) is 18.4 Å². The van der Waals surface area contributed by atoms with Crippen LogP contribution in [-0.2, 0) is 20.9 Å². The Morgan fingerprint density at radius 1 is 1.17 bits per heavy atom. The molecule has 0 amide bonds. The Kier molecular flexibility index (Phi) is 9.02. The van der Waals surface area contributed by atoms with E-state index in [-0.39, 0.29) is 0 Å². The van der Waals surface area contributed by atoms with Gasteiger partial charge in [-0.3, -0.25) is 0 Å². The molecule has 2 N–H and O–H groups in total. The molecule has 0 bridgehead atoms. The van der Waals surface area contributed by atoms with Gasteiger partial charge in [-0.25, -0.2) is 5.20 Å². The summed E-state index contributed by atoms with van der Waals surface area (Å²) >= 11 is 5.47. The highest BCUT2D eigenvalue weighted by Gasteiger charge is 2.19. The molecule has 0 fully saturated rings. The molecule has 128 valence electrons. The maximum absolute atomic E-state index is 9.08. The lowest BCUT2D eigenvalue weighted by molar-refractivity contribution is 0.240. The minimum atomic E-state index is -2.72. The van der Waals surface area contributed by atoms with Gasteiger partial charge in [0, 0.05) is 5.56 Å². The van der Waals surface area contributed by atoms with Crippen LogP contribution in [-0.4, -0.2) is 29.8 Å². The van der Waals surface area contributed by atoms with E-state index in [4.69, 9.17) is 26.1 Å². The molecule has 6 nitrogen and oxygen atoms in total. The van der Waals surface area contributed by atoms with Crippen molar-refractivity contribution in [2.24, 2.45) is 10.3 Å². The molecule has 0 atom stereocenters. The first-order chi connectivity index (χ1) is 11.1. The van der Waals surface area contributed by atoms with Crippen molar-refractivity contribution in [3.8, 4) is 0 Å². The maximum Gasteiger partial charge on any atom is 0.303 e. The highest BCUT2D eigenvalue weighted by atomic mass is 32.5. The zero-order valence-corrected chi connectivity index (χ0v) is 15.4. The summed E-state index contributed by atoms with van der Waals surface area (Å²) in [6.07, 6.45) is 1.67. The first kappa shape index (κ1) is 19.8. The van der Waals surface area contributed by atoms with Crippen LogP contribution in [0.2, 0.25) is 0 Å². The zero-order chi connectivity index (χ0) is 17.1. The van der Waals surface area contributed by atoms with E-state index < -0.39 is 6.64 Å². The van der Waals surface area contributed by atoms with Crippen LogP contribution >= 0.6 is 6.64 Å². The summed E-state index contributed by atoms with van der Waals surface area (Å²) in [5.41, 5.74) is 1.67. The van der Waals surface area contributed by atoms with E-state index in [1.807, 2.05) is 44.2 Å². The smallest absolute Gasteiger partial charge is 0.303 e. The summed E-state index contributed by atoms with van der Waals surface area (Å²) in [6.45, 7) is 3.94. The first-order valence-electron chi connectivity index (χ1n) is 7.54. The predicted molar refractivity (Wildman–Crippen MR) is 97.8 cm³/mol. The van der Waals surface area contributed by atoms with Gasteiger partial charge < -0.3 is 14.3 Å². The van der Waals surface area contributed by atoms with Crippen molar-refractivity contribution >= 4 is 29.9 Å². The van der Waals surface area contributed by atoms with Crippen LogP contribution in [0.5, 0.6) is 0 Å². The fraction of sp³-hybridized carbons (Fsp3) is 0.467. The van der Waals surface area contributed by atoms with E-state index in [0.29, 0.717) is 24.6 Å². The molecule has 23 heavy (non-hydrogen) atoms. The molecule has 0 aromatic heterocycles. The van der Waals surface area contributed by atoms with Crippen LogP contribution in [0.4, 0.5) is 0 Å². The van der Waals surface area contributed by atoms with Gasteiger partial charge in [0.2, 0.25) is 0 Å². The molecular weight excluding hydrogens is 333 g/mol. The third kappa shape index (κ3) is 6.79. The van der Waals surface area contributed by atoms with Crippen LogP contribution in [0.15, 0.2) is 40.6 Å². The Hall–Kier alpha value is -1.27. The van der Waals surface area contributed by atoms with Crippen LogP contribution in [0, 0.1) is 0 Å². The lowest BCUT2D eigenvalue weighted by Crippen LogP contribution is -2.18. The summed E-state index contributed by atoms with van der Waals surface area (Å²) in [5.74, 6) is 0. The fourth-order valence-electron chi connectivity index (χ4n) is 1.63. The van der Waals surface area contributed by atoms with E-state index in [1.54, 1.807) is 6.92 Å². The lowest BCUT2D eigenvalue weighted by atomic mass is 10.1. The number of nitrogens with zero attached hydrogens (tertiary/aromatic N) is 2. The maximum atomic E-state index is 9.08.